The minimum absolute atomic E-state index is 0.0392. The smallest absolute Gasteiger partial charge is 0.133 e. The first-order valence-corrected chi connectivity index (χ1v) is 8.29. The van der Waals surface area contributed by atoms with Crippen LogP contribution in [0.1, 0.15) is 22.9 Å². The first-order valence-electron chi connectivity index (χ1n) is 6.53. The molecule has 0 unspecified atom stereocenters. The molecule has 0 saturated carbocycles. The van der Waals surface area contributed by atoms with E-state index in [9.17, 15) is 0 Å². The second-order valence-electron chi connectivity index (χ2n) is 4.85. The molecule has 20 heavy (non-hydrogen) atoms. The molecular weight excluding hydrogens is 284 g/mol. The molecular formula is C16H16N2S2. The van der Waals surface area contributed by atoms with Crippen LogP contribution in [-0.2, 0) is 6.42 Å². The molecule has 0 spiro atoms. The van der Waals surface area contributed by atoms with E-state index >= 15 is 0 Å². The Labute approximate surface area is 126 Å². The summed E-state index contributed by atoms with van der Waals surface area (Å²) in [6, 6.07) is 12.6. The van der Waals surface area contributed by atoms with Crippen LogP contribution in [0.4, 0.5) is 0 Å². The van der Waals surface area contributed by atoms with Gasteiger partial charge in [-0.05, 0) is 30.4 Å². The van der Waals surface area contributed by atoms with Crippen molar-refractivity contribution in [2.24, 2.45) is 5.73 Å². The number of nitrogens with zero attached hydrogens (tertiary/aromatic N) is 1. The van der Waals surface area contributed by atoms with Crippen molar-refractivity contribution in [3.05, 3.63) is 64.0 Å². The van der Waals surface area contributed by atoms with Crippen molar-refractivity contribution in [3.8, 4) is 9.88 Å². The molecule has 2 N–H and O–H groups in total. The van der Waals surface area contributed by atoms with Crippen LogP contribution < -0.4 is 5.73 Å². The van der Waals surface area contributed by atoms with E-state index in [1.807, 2.05) is 6.07 Å². The molecule has 0 amide bonds. The average molecular weight is 300 g/mol. The van der Waals surface area contributed by atoms with Crippen molar-refractivity contribution in [1.29, 1.82) is 0 Å². The molecule has 0 fully saturated rings. The zero-order valence-corrected chi connectivity index (χ0v) is 12.9. The van der Waals surface area contributed by atoms with Crippen LogP contribution in [-0.4, -0.2) is 4.98 Å². The summed E-state index contributed by atoms with van der Waals surface area (Å²) in [6.45, 7) is 2.09. The van der Waals surface area contributed by atoms with E-state index in [4.69, 9.17) is 5.73 Å². The number of nitrogens with two attached hydrogens (primary N) is 1. The Hall–Kier alpha value is -1.49. The van der Waals surface area contributed by atoms with Crippen molar-refractivity contribution < 1.29 is 0 Å². The molecule has 1 atom stereocenters. The van der Waals surface area contributed by atoms with Gasteiger partial charge >= 0.3 is 0 Å². The molecule has 3 aromatic rings. The molecule has 3 rings (SSSR count). The molecule has 0 aliphatic carbocycles. The number of hydrogen-bond acceptors (Lipinski definition) is 4. The van der Waals surface area contributed by atoms with Gasteiger partial charge in [-0.3, -0.25) is 0 Å². The normalized spacial score (nSPS) is 12.5. The van der Waals surface area contributed by atoms with Gasteiger partial charge in [0.15, 0.2) is 0 Å². The molecule has 0 radical (unpaired) electrons. The average Bonchev–Trinajstić information content (AvgIpc) is 3.11. The van der Waals surface area contributed by atoms with Crippen LogP contribution in [0.25, 0.3) is 9.88 Å². The van der Waals surface area contributed by atoms with Gasteiger partial charge < -0.3 is 5.73 Å². The molecule has 0 aliphatic rings. The molecule has 4 heteroatoms. The van der Waals surface area contributed by atoms with Crippen LogP contribution >= 0.6 is 22.7 Å². The Bertz CT molecular complexity index is 669. The minimum atomic E-state index is -0.0392. The van der Waals surface area contributed by atoms with Gasteiger partial charge in [-0.25, -0.2) is 4.98 Å². The van der Waals surface area contributed by atoms with Gasteiger partial charge in [0.25, 0.3) is 0 Å². The molecule has 2 nitrogen and oxygen atoms in total. The van der Waals surface area contributed by atoms with Gasteiger partial charge in [-0.2, -0.15) is 0 Å². The van der Waals surface area contributed by atoms with E-state index in [0.29, 0.717) is 0 Å². The zero-order chi connectivity index (χ0) is 13.9. The number of hydrogen-bond donors (Lipinski definition) is 1. The highest BCUT2D eigenvalue weighted by atomic mass is 32.1. The number of thiazole rings is 1. The van der Waals surface area contributed by atoms with E-state index in [2.05, 4.69) is 53.0 Å². The van der Waals surface area contributed by atoms with Crippen LogP contribution in [0.15, 0.2) is 47.2 Å². The quantitative estimate of drug-likeness (QED) is 0.774. The molecule has 1 aromatic carbocycles. The van der Waals surface area contributed by atoms with Crippen LogP contribution in [0.3, 0.4) is 0 Å². The third-order valence-corrected chi connectivity index (χ3v) is 5.11. The fraction of sp³-hybridized carbons (Fsp3) is 0.188. The SMILES string of the molecule is Cc1ccc(C[C@@H](N)c2csc(-c3cccs3)n2)cc1. The van der Waals surface area contributed by atoms with Crippen LogP contribution in [0, 0.1) is 6.92 Å². The zero-order valence-electron chi connectivity index (χ0n) is 11.2. The van der Waals surface area contributed by atoms with Gasteiger partial charge in [0.1, 0.15) is 5.01 Å². The van der Waals surface area contributed by atoms with E-state index in [1.165, 1.54) is 16.0 Å². The van der Waals surface area contributed by atoms with Gasteiger partial charge in [0.05, 0.1) is 16.6 Å². The maximum absolute atomic E-state index is 6.28. The van der Waals surface area contributed by atoms with E-state index in [1.54, 1.807) is 22.7 Å². The Morgan fingerprint density at radius 3 is 2.65 bits per heavy atom. The third kappa shape index (κ3) is 2.98. The lowest BCUT2D eigenvalue weighted by molar-refractivity contribution is 0.702. The van der Waals surface area contributed by atoms with E-state index in [-0.39, 0.29) is 6.04 Å². The van der Waals surface area contributed by atoms with Crippen LogP contribution in [0.2, 0.25) is 0 Å². The molecule has 0 aliphatic heterocycles. The van der Waals surface area contributed by atoms with Crippen molar-refractivity contribution in [3.63, 3.8) is 0 Å². The number of aryl methyl sites for hydroxylation is 1. The second kappa shape index (κ2) is 5.87. The highest BCUT2D eigenvalue weighted by Gasteiger charge is 2.12. The number of aromatic nitrogens is 1. The second-order valence-corrected chi connectivity index (χ2v) is 6.66. The lowest BCUT2D eigenvalue weighted by atomic mass is 10.0. The highest BCUT2D eigenvalue weighted by Crippen LogP contribution is 2.29. The van der Waals surface area contributed by atoms with Gasteiger partial charge in [0.2, 0.25) is 0 Å². The minimum Gasteiger partial charge on any atom is -0.322 e. The summed E-state index contributed by atoms with van der Waals surface area (Å²) in [5, 5.41) is 5.21. The summed E-state index contributed by atoms with van der Waals surface area (Å²) in [6.07, 6.45) is 0.827. The third-order valence-electron chi connectivity index (χ3n) is 3.21. The highest BCUT2D eigenvalue weighted by molar-refractivity contribution is 7.20. The van der Waals surface area contributed by atoms with Gasteiger partial charge in [0, 0.05) is 5.38 Å². The summed E-state index contributed by atoms with van der Waals surface area (Å²) in [5.74, 6) is 0. The maximum Gasteiger partial charge on any atom is 0.133 e. The summed E-state index contributed by atoms with van der Waals surface area (Å²) in [7, 11) is 0. The molecule has 0 saturated heterocycles. The fourth-order valence-corrected chi connectivity index (χ4v) is 3.75. The number of thiophene rings is 1. The molecule has 102 valence electrons. The molecule has 2 aromatic heterocycles. The largest absolute Gasteiger partial charge is 0.322 e. The Morgan fingerprint density at radius 1 is 1.15 bits per heavy atom. The predicted octanol–water partition coefficient (Wildman–Crippen LogP) is 4.42. The first-order chi connectivity index (χ1) is 9.72. The molecule has 0 bridgehead atoms. The van der Waals surface area contributed by atoms with E-state index < -0.39 is 0 Å². The van der Waals surface area contributed by atoms with Crippen molar-refractivity contribution >= 4 is 22.7 Å². The van der Waals surface area contributed by atoms with Crippen molar-refractivity contribution in [2.75, 3.05) is 0 Å². The standard InChI is InChI=1S/C16H16N2S2/c1-11-4-6-12(7-5-11)9-13(17)14-10-20-16(18-14)15-3-2-8-19-15/h2-8,10,13H,9,17H2,1H3/t13-/m1/s1. The fourth-order valence-electron chi connectivity index (χ4n) is 2.05. The first kappa shape index (κ1) is 13.5. The Morgan fingerprint density at radius 2 is 1.95 bits per heavy atom. The van der Waals surface area contributed by atoms with E-state index in [0.717, 1.165) is 17.1 Å². The lowest BCUT2D eigenvalue weighted by Gasteiger charge is -2.09. The summed E-state index contributed by atoms with van der Waals surface area (Å²) >= 11 is 3.38. The topological polar surface area (TPSA) is 38.9 Å². The van der Waals surface area contributed by atoms with Crippen LogP contribution in [0.5, 0.6) is 0 Å². The monoisotopic (exact) mass is 300 g/mol. The maximum atomic E-state index is 6.28. The summed E-state index contributed by atoms with van der Waals surface area (Å²) in [4.78, 5) is 5.88. The van der Waals surface area contributed by atoms with Crippen molar-refractivity contribution in [2.45, 2.75) is 19.4 Å². The number of rotatable bonds is 4. The van der Waals surface area contributed by atoms with Crippen molar-refractivity contribution in [1.82, 2.24) is 4.98 Å². The summed E-state index contributed by atoms with van der Waals surface area (Å²) < 4.78 is 0. The molecule has 2 heterocycles. The van der Waals surface area contributed by atoms with Gasteiger partial charge in [-0.15, -0.1) is 22.7 Å². The predicted molar refractivity (Wildman–Crippen MR) is 87.2 cm³/mol. The number of benzene rings is 1. The lowest BCUT2D eigenvalue weighted by Crippen LogP contribution is -2.13. The Kier molecular flexibility index (Phi) is 3.96. The van der Waals surface area contributed by atoms with Gasteiger partial charge in [-0.1, -0.05) is 35.9 Å². The summed E-state index contributed by atoms with van der Waals surface area (Å²) in [5.41, 5.74) is 9.80. The Balaban J connectivity index is 1.74.